The van der Waals surface area contributed by atoms with Crippen molar-refractivity contribution in [2.75, 3.05) is 6.26 Å². The molecule has 0 spiro atoms. The number of aromatic nitrogens is 1. The molecule has 5 heteroatoms. The van der Waals surface area contributed by atoms with Gasteiger partial charge in [-0.3, -0.25) is 0 Å². The van der Waals surface area contributed by atoms with Crippen LogP contribution in [0.25, 0.3) is 0 Å². The third-order valence-corrected chi connectivity index (χ3v) is 2.70. The molecule has 0 atom stereocenters. The molecule has 0 unspecified atom stereocenters. The molecular weight excluding hydrogens is 226 g/mol. The Morgan fingerprint density at radius 1 is 1.38 bits per heavy atom. The first kappa shape index (κ1) is 11.0. The highest BCUT2D eigenvalue weighted by Gasteiger charge is 2.05. The first-order valence-corrected chi connectivity index (χ1v) is 5.91. The van der Waals surface area contributed by atoms with Crippen LogP contribution in [-0.2, 0) is 6.61 Å². The molecule has 1 aromatic heterocycles. The molecule has 1 N–H and O–H groups in total. The average Bonchev–Trinajstić information content (AvgIpc) is 2.78. The van der Waals surface area contributed by atoms with Crippen LogP contribution in [0, 0.1) is 0 Å². The summed E-state index contributed by atoms with van der Waals surface area (Å²) in [6, 6.07) is 7.59. The van der Waals surface area contributed by atoms with Gasteiger partial charge in [-0.25, -0.2) is 0 Å². The van der Waals surface area contributed by atoms with Gasteiger partial charge in [0.25, 0.3) is 0 Å². The third-order valence-electron chi connectivity index (χ3n) is 1.96. The van der Waals surface area contributed by atoms with E-state index in [0.29, 0.717) is 11.4 Å². The molecule has 1 aromatic carbocycles. The SMILES string of the molecule is CSc1ccc(Oc2nc(CO)co2)cc1. The molecule has 4 nitrogen and oxygen atoms in total. The van der Waals surface area contributed by atoms with Crippen LogP contribution < -0.4 is 4.74 Å². The first-order chi connectivity index (χ1) is 7.81. The van der Waals surface area contributed by atoms with E-state index in [0.717, 1.165) is 4.90 Å². The Hall–Kier alpha value is -1.46. The number of thioether (sulfide) groups is 1. The summed E-state index contributed by atoms with van der Waals surface area (Å²) < 4.78 is 10.4. The van der Waals surface area contributed by atoms with Crippen LogP contribution in [0.1, 0.15) is 5.69 Å². The van der Waals surface area contributed by atoms with Gasteiger partial charge in [0.05, 0.1) is 6.61 Å². The van der Waals surface area contributed by atoms with Gasteiger partial charge in [0.15, 0.2) is 0 Å². The van der Waals surface area contributed by atoms with E-state index in [-0.39, 0.29) is 12.7 Å². The molecular formula is C11H11NO3S. The highest BCUT2D eigenvalue weighted by Crippen LogP contribution is 2.23. The molecule has 0 aliphatic carbocycles. The number of aliphatic hydroxyl groups excluding tert-OH is 1. The summed E-state index contributed by atoms with van der Waals surface area (Å²) in [5.74, 6) is 0.657. The minimum absolute atomic E-state index is 0.140. The predicted octanol–water partition coefficient (Wildman–Crippen LogP) is 2.68. The van der Waals surface area contributed by atoms with Gasteiger partial charge in [-0.2, -0.15) is 4.98 Å². The van der Waals surface area contributed by atoms with Crippen molar-refractivity contribution in [2.24, 2.45) is 0 Å². The maximum atomic E-state index is 8.80. The standard InChI is InChI=1S/C11H11NO3S/c1-16-10-4-2-9(3-5-10)15-11-12-8(6-13)7-14-11/h2-5,7,13H,6H2,1H3. The van der Waals surface area contributed by atoms with Gasteiger partial charge in [0.1, 0.15) is 17.7 Å². The second-order valence-electron chi connectivity index (χ2n) is 3.04. The second kappa shape index (κ2) is 5.05. The molecule has 0 saturated carbocycles. The predicted molar refractivity (Wildman–Crippen MR) is 60.7 cm³/mol. The monoisotopic (exact) mass is 237 g/mol. The van der Waals surface area contributed by atoms with Crippen molar-refractivity contribution in [2.45, 2.75) is 11.5 Å². The lowest BCUT2D eigenvalue weighted by Gasteiger charge is -2.01. The van der Waals surface area contributed by atoms with Crippen LogP contribution in [0.2, 0.25) is 0 Å². The number of aliphatic hydroxyl groups is 1. The molecule has 2 aromatic rings. The van der Waals surface area contributed by atoms with E-state index in [9.17, 15) is 0 Å². The molecule has 0 aliphatic rings. The van der Waals surface area contributed by atoms with Gasteiger partial charge in [0, 0.05) is 4.90 Å². The normalized spacial score (nSPS) is 10.4. The Morgan fingerprint density at radius 3 is 2.69 bits per heavy atom. The van der Waals surface area contributed by atoms with E-state index in [2.05, 4.69) is 4.98 Å². The summed E-state index contributed by atoms with van der Waals surface area (Å²) in [6.45, 7) is -0.154. The summed E-state index contributed by atoms with van der Waals surface area (Å²) in [5, 5.41) is 8.80. The van der Waals surface area contributed by atoms with Crippen molar-refractivity contribution >= 4 is 11.8 Å². The lowest BCUT2D eigenvalue weighted by atomic mass is 10.3. The zero-order chi connectivity index (χ0) is 11.4. The zero-order valence-electron chi connectivity index (χ0n) is 8.71. The number of oxazole rings is 1. The Labute approximate surface area is 97.3 Å². The topological polar surface area (TPSA) is 55.5 Å². The second-order valence-corrected chi connectivity index (χ2v) is 3.92. The van der Waals surface area contributed by atoms with Crippen molar-refractivity contribution in [3.05, 3.63) is 36.2 Å². The summed E-state index contributed by atoms with van der Waals surface area (Å²) >= 11 is 1.66. The fourth-order valence-corrected chi connectivity index (χ4v) is 1.56. The third kappa shape index (κ3) is 2.56. The Morgan fingerprint density at radius 2 is 2.12 bits per heavy atom. The molecule has 0 aliphatic heterocycles. The highest BCUT2D eigenvalue weighted by molar-refractivity contribution is 7.98. The number of nitrogens with zero attached hydrogens (tertiary/aromatic N) is 1. The quantitative estimate of drug-likeness (QED) is 0.828. The van der Waals surface area contributed by atoms with E-state index >= 15 is 0 Å². The lowest BCUT2D eigenvalue weighted by molar-refractivity contribution is 0.276. The molecule has 0 radical (unpaired) electrons. The van der Waals surface area contributed by atoms with Gasteiger partial charge in [-0.15, -0.1) is 11.8 Å². The van der Waals surface area contributed by atoms with Crippen LogP contribution in [0.3, 0.4) is 0 Å². The van der Waals surface area contributed by atoms with Crippen LogP contribution in [-0.4, -0.2) is 16.3 Å². The summed E-state index contributed by atoms with van der Waals surface area (Å²) in [4.78, 5) is 5.09. The van der Waals surface area contributed by atoms with Crippen molar-refractivity contribution in [1.82, 2.24) is 4.98 Å². The minimum atomic E-state index is -0.154. The maximum absolute atomic E-state index is 8.80. The Bertz CT molecular complexity index is 453. The number of rotatable bonds is 4. The highest BCUT2D eigenvalue weighted by atomic mass is 32.2. The van der Waals surface area contributed by atoms with Crippen molar-refractivity contribution < 1.29 is 14.3 Å². The fourth-order valence-electron chi connectivity index (χ4n) is 1.15. The average molecular weight is 237 g/mol. The number of benzene rings is 1. The maximum Gasteiger partial charge on any atom is 0.399 e. The first-order valence-electron chi connectivity index (χ1n) is 4.69. The van der Waals surface area contributed by atoms with Crippen LogP contribution in [0.5, 0.6) is 11.8 Å². The van der Waals surface area contributed by atoms with E-state index < -0.39 is 0 Å². The molecule has 0 fully saturated rings. The van der Waals surface area contributed by atoms with E-state index in [1.165, 1.54) is 6.26 Å². The fraction of sp³-hybridized carbons (Fsp3) is 0.182. The zero-order valence-corrected chi connectivity index (χ0v) is 9.53. The van der Waals surface area contributed by atoms with Crippen LogP contribution in [0.4, 0.5) is 0 Å². The smallest absolute Gasteiger partial charge is 0.399 e. The van der Waals surface area contributed by atoms with E-state index in [1.807, 2.05) is 30.5 Å². The Kier molecular flexibility index (Phi) is 3.48. The molecule has 0 saturated heterocycles. The van der Waals surface area contributed by atoms with E-state index in [4.69, 9.17) is 14.3 Å². The van der Waals surface area contributed by atoms with Crippen LogP contribution >= 0.6 is 11.8 Å². The molecule has 0 amide bonds. The van der Waals surface area contributed by atoms with Gasteiger partial charge < -0.3 is 14.3 Å². The number of ether oxygens (including phenoxy) is 1. The molecule has 0 bridgehead atoms. The van der Waals surface area contributed by atoms with Crippen LogP contribution in [0.15, 0.2) is 39.8 Å². The minimum Gasteiger partial charge on any atom is -0.417 e. The molecule has 16 heavy (non-hydrogen) atoms. The number of hydrogen-bond donors (Lipinski definition) is 1. The van der Waals surface area contributed by atoms with E-state index in [1.54, 1.807) is 11.8 Å². The molecule has 84 valence electrons. The van der Waals surface area contributed by atoms with Gasteiger partial charge in [0.2, 0.25) is 0 Å². The number of hydrogen-bond acceptors (Lipinski definition) is 5. The largest absolute Gasteiger partial charge is 0.417 e. The summed E-state index contributed by atoms with van der Waals surface area (Å²) in [6.07, 6.45) is 3.52. The lowest BCUT2D eigenvalue weighted by Crippen LogP contribution is -1.86. The summed E-state index contributed by atoms with van der Waals surface area (Å²) in [5.41, 5.74) is 0.454. The van der Waals surface area contributed by atoms with Crippen molar-refractivity contribution in [1.29, 1.82) is 0 Å². The Balaban J connectivity index is 2.08. The van der Waals surface area contributed by atoms with Gasteiger partial charge >= 0.3 is 6.08 Å². The molecule has 2 rings (SSSR count). The van der Waals surface area contributed by atoms with Gasteiger partial charge in [-0.1, -0.05) is 0 Å². The van der Waals surface area contributed by atoms with Gasteiger partial charge in [-0.05, 0) is 30.5 Å². The summed E-state index contributed by atoms with van der Waals surface area (Å²) in [7, 11) is 0. The molecule has 1 heterocycles. The van der Waals surface area contributed by atoms with Crippen molar-refractivity contribution in [3.8, 4) is 11.8 Å². The van der Waals surface area contributed by atoms with Crippen molar-refractivity contribution in [3.63, 3.8) is 0 Å².